The monoisotopic (exact) mass is 205 g/mol. The van der Waals surface area contributed by atoms with Crippen molar-refractivity contribution in [3.8, 4) is 0 Å². The highest BCUT2D eigenvalue weighted by atomic mass is 16.5. The van der Waals surface area contributed by atoms with Crippen LogP contribution in [0.4, 0.5) is 5.69 Å². The summed E-state index contributed by atoms with van der Waals surface area (Å²) in [5.41, 5.74) is 2.35. The summed E-state index contributed by atoms with van der Waals surface area (Å²) in [4.78, 5) is 11.5. The van der Waals surface area contributed by atoms with Crippen molar-refractivity contribution in [2.24, 2.45) is 0 Å². The van der Waals surface area contributed by atoms with E-state index in [0.29, 0.717) is 12.1 Å². The van der Waals surface area contributed by atoms with Crippen LogP contribution in [0.5, 0.6) is 0 Å². The van der Waals surface area contributed by atoms with E-state index in [1.54, 1.807) is 12.1 Å². The number of aryl methyl sites for hydroxylation is 1. The number of hydrogen-bond donors (Lipinski definition) is 1. The molecule has 15 heavy (non-hydrogen) atoms. The predicted octanol–water partition coefficient (Wildman–Crippen LogP) is 2.38. The first-order valence-corrected chi connectivity index (χ1v) is 4.72. The second kappa shape index (κ2) is 5.20. The lowest BCUT2D eigenvalue weighted by Gasteiger charge is -2.09. The Morgan fingerprint density at radius 2 is 2.33 bits per heavy atom. The highest BCUT2D eigenvalue weighted by Crippen LogP contribution is 2.18. The van der Waals surface area contributed by atoms with Crippen LogP contribution in [0, 0.1) is 6.92 Å². The zero-order valence-electron chi connectivity index (χ0n) is 9.04. The topological polar surface area (TPSA) is 38.3 Å². The van der Waals surface area contributed by atoms with Gasteiger partial charge in [0.1, 0.15) is 0 Å². The van der Waals surface area contributed by atoms with Crippen LogP contribution < -0.4 is 5.32 Å². The molecule has 1 rings (SSSR count). The number of anilines is 1. The Hall–Kier alpha value is -1.77. The number of rotatable bonds is 4. The maximum Gasteiger partial charge on any atom is 0.339 e. The standard InChI is InChI=1S/C12H15NO2/c1-4-7-13-11-6-5-9(2)8-10(11)12(14)15-3/h4-6,8,13H,1,7H2,2-3H3. The van der Waals surface area contributed by atoms with Gasteiger partial charge in [0.05, 0.1) is 12.7 Å². The minimum Gasteiger partial charge on any atom is -0.465 e. The van der Waals surface area contributed by atoms with E-state index in [9.17, 15) is 4.79 Å². The Morgan fingerprint density at radius 3 is 2.93 bits per heavy atom. The molecule has 0 saturated heterocycles. The first kappa shape index (κ1) is 11.3. The molecule has 3 nitrogen and oxygen atoms in total. The Bertz CT molecular complexity index is 372. The third kappa shape index (κ3) is 2.84. The molecule has 3 heteroatoms. The van der Waals surface area contributed by atoms with Crippen molar-refractivity contribution in [1.29, 1.82) is 0 Å². The normalized spacial score (nSPS) is 9.47. The second-order valence-corrected chi connectivity index (χ2v) is 3.21. The van der Waals surface area contributed by atoms with Crippen LogP contribution in [-0.4, -0.2) is 19.6 Å². The maximum absolute atomic E-state index is 11.5. The van der Waals surface area contributed by atoms with Gasteiger partial charge in [-0.05, 0) is 19.1 Å². The molecule has 80 valence electrons. The average Bonchev–Trinajstić information content (AvgIpc) is 2.26. The van der Waals surface area contributed by atoms with Gasteiger partial charge in [0.15, 0.2) is 0 Å². The summed E-state index contributed by atoms with van der Waals surface area (Å²) >= 11 is 0. The zero-order valence-corrected chi connectivity index (χ0v) is 9.04. The summed E-state index contributed by atoms with van der Waals surface area (Å²) in [5, 5.41) is 3.09. The lowest BCUT2D eigenvalue weighted by atomic mass is 10.1. The summed E-state index contributed by atoms with van der Waals surface area (Å²) in [6, 6.07) is 5.61. The van der Waals surface area contributed by atoms with Gasteiger partial charge in [-0.15, -0.1) is 6.58 Å². The van der Waals surface area contributed by atoms with Gasteiger partial charge >= 0.3 is 5.97 Å². The van der Waals surface area contributed by atoms with Crippen molar-refractivity contribution in [3.05, 3.63) is 42.0 Å². The van der Waals surface area contributed by atoms with Crippen LogP contribution >= 0.6 is 0 Å². The second-order valence-electron chi connectivity index (χ2n) is 3.21. The van der Waals surface area contributed by atoms with E-state index in [2.05, 4.69) is 11.9 Å². The third-order valence-corrected chi connectivity index (χ3v) is 2.02. The first-order chi connectivity index (χ1) is 7.19. The van der Waals surface area contributed by atoms with Crippen molar-refractivity contribution < 1.29 is 9.53 Å². The van der Waals surface area contributed by atoms with Crippen LogP contribution in [0.3, 0.4) is 0 Å². The molecule has 0 spiro atoms. The molecule has 0 fully saturated rings. The van der Waals surface area contributed by atoms with E-state index in [0.717, 1.165) is 11.3 Å². The Balaban J connectivity index is 3.02. The van der Waals surface area contributed by atoms with Gasteiger partial charge in [-0.25, -0.2) is 4.79 Å². The van der Waals surface area contributed by atoms with Crippen LogP contribution in [-0.2, 0) is 4.74 Å². The van der Waals surface area contributed by atoms with Crippen molar-refractivity contribution in [1.82, 2.24) is 0 Å². The summed E-state index contributed by atoms with van der Waals surface area (Å²) in [6.07, 6.45) is 1.74. The SMILES string of the molecule is C=CCNc1ccc(C)cc1C(=O)OC. The quantitative estimate of drug-likeness (QED) is 0.606. The largest absolute Gasteiger partial charge is 0.465 e. The minimum absolute atomic E-state index is 0.328. The van der Waals surface area contributed by atoms with Gasteiger partial charge in [0.2, 0.25) is 0 Å². The molecule has 1 aromatic rings. The van der Waals surface area contributed by atoms with Gasteiger partial charge < -0.3 is 10.1 Å². The predicted molar refractivity (Wildman–Crippen MR) is 61.2 cm³/mol. The Labute approximate surface area is 89.8 Å². The molecule has 0 heterocycles. The van der Waals surface area contributed by atoms with Crippen LogP contribution in [0.25, 0.3) is 0 Å². The van der Waals surface area contributed by atoms with Crippen molar-refractivity contribution in [2.75, 3.05) is 19.0 Å². The minimum atomic E-state index is -0.328. The molecule has 0 aromatic heterocycles. The van der Waals surface area contributed by atoms with E-state index in [1.165, 1.54) is 7.11 Å². The number of ether oxygens (including phenoxy) is 1. The van der Waals surface area contributed by atoms with Crippen molar-refractivity contribution >= 4 is 11.7 Å². The molecule has 0 amide bonds. The molecule has 0 aliphatic rings. The maximum atomic E-state index is 11.5. The van der Waals surface area contributed by atoms with Gasteiger partial charge in [-0.3, -0.25) is 0 Å². The first-order valence-electron chi connectivity index (χ1n) is 4.72. The van der Waals surface area contributed by atoms with Crippen molar-refractivity contribution in [3.63, 3.8) is 0 Å². The summed E-state index contributed by atoms with van der Waals surface area (Å²) in [7, 11) is 1.38. The number of benzene rings is 1. The van der Waals surface area contributed by atoms with E-state index in [4.69, 9.17) is 4.74 Å². The molecular weight excluding hydrogens is 190 g/mol. The number of nitrogens with one attached hydrogen (secondary N) is 1. The molecule has 0 atom stereocenters. The number of hydrogen-bond acceptors (Lipinski definition) is 3. The van der Waals surface area contributed by atoms with E-state index < -0.39 is 0 Å². The molecule has 1 aromatic carbocycles. The molecular formula is C12H15NO2. The van der Waals surface area contributed by atoms with Gasteiger partial charge in [-0.2, -0.15) is 0 Å². The number of esters is 1. The highest BCUT2D eigenvalue weighted by Gasteiger charge is 2.10. The smallest absolute Gasteiger partial charge is 0.339 e. The number of carbonyl (C=O) groups excluding carboxylic acids is 1. The van der Waals surface area contributed by atoms with Gasteiger partial charge in [0, 0.05) is 12.2 Å². The van der Waals surface area contributed by atoms with E-state index >= 15 is 0 Å². The number of carbonyl (C=O) groups is 1. The summed E-state index contributed by atoms with van der Waals surface area (Å²) in [5.74, 6) is -0.328. The molecule has 0 aliphatic carbocycles. The molecule has 0 aliphatic heterocycles. The van der Waals surface area contributed by atoms with Crippen LogP contribution in [0.2, 0.25) is 0 Å². The van der Waals surface area contributed by atoms with Gasteiger partial charge in [0.25, 0.3) is 0 Å². The third-order valence-electron chi connectivity index (χ3n) is 2.02. The Kier molecular flexibility index (Phi) is 3.92. The van der Waals surface area contributed by atoms with Gasteiger partial charge in [-0.1, -0.05) is 17.7 Å². The zero-order chi connectivity index (χ0) is 11.3. The number of methoxy groups -OCH3 is 1. The lowest BCUT2D eigenvalue weighted by molar-refractivity contribution is 0.0601. The molecule has 1 N–H and O–H groups in total. The summed E-state index contributed by atoms with van der Waals surface area (Å²) in [6.45, 7) is 6.16. The summed E-state index contributed by atoms with van der Waals surface area (Å²) < 4.78 is 4.71. The fraction of sp³-hybridized carbons (Fsp3) is 0.250. The molecule has 0 saturated carbocycles. The van der Waals surface area contributed by atoms with E-state index in [1.807, 2.05) is 19.1 Å². The average molecular weight is 205 g/mol. The molecule has 0 radical (unpaired) electrons. The highest BCUT2D eigenvalue weighted by molar-refractivity contribution is 5.95. The van der Waals surface area contributed by atoms with E-state index in [-0.39, 0.29) is 5.97 Å². The lowest BCUT2D eigenvalue weighted by Crippen LogP contribution is -2.08. The fourth-order valence-corrected chi connectivity index (χ4v) is 1.27. The van der Waals surface area contributed by atoms with Crippen molar-refractivity contribution in [2.45, 2.75) is 6.92 Å². The fourth-order valence-electron chi connectivity index (χ4n) is 1.27. The Morgan fingerprint density at radius 1 is 1.60 bits per heavy atom. The van der Waals surface area contributed by atoms with Crippen LogP contribution in [0.1, 0.15) is 15.9 Å². The van der Waals surface area contributed by atoms with Crippen LogP contribution in [0.15, 0.2) is 30.9 Å². The molecule has 0 bridgehead atoms. The molecule has 0 unspecified atom stereocenters.